The molecular formula is C20H14F3NO3S. The smallest absolute Gasteiger partial charge is 0.417 e. The summed E-state index contributed by atoms with van der Waals surface area (Å²) in [4.78, 5) is 15.9. The van der Waals surface area contributed by atoms with Crippen molar-refractivity contribution in [2.75, 3.05) is 6.26 Å². The molecule has 0 aliphatic rings. The van der Waals surface area contributed by atoms with Crippen molar-refractivity contribution < 1.29 is 28.2 Å². The van der Waals surface area contributed by atoms with E-state index in [1.54, 1.807) is 24.3 Å². The van der Waals surface area contributed by atoms with Crippen molar-refractivity contribution in [2.45, 2.75) is 11.1 Å². The van der Waals surface area contributed by atoms with Crippen LogP contribution in [-0.2, 0) is 6.18 Å². The molecule has 28 heavy (non-hydrogen) atoms. The Bertz CT molecular complexity index is 1030. The van der Waals surface area contributed by atoms with Gasteiger partial charge in [-0.15, -0.1) is 11.8 Å². The van der Waals surface area contributed by atoms with Crippen LogP contribution in [0.4, 0.5) is 13.2 Å². The van der Waals surface area contributed by atoms with Crippen LogP contribution < -0.4 is 0 Å². The van der Waals surface area contributed by atoms with Crippen LogP contribution in [0.15, 0.2) is 59.6 Å². The highest BCUT2D eigenvalue weighted by molar-refractivity contribution is 7.98. The van der Waals surface area contributed by atoms with Crippen molar-refractivity contribution in [1.29, 1.82) is 0 Å². The summed E-state index contributed by atoms with van der Waals surface area (Å²) in [6.45, 7) is 0. The van der Waals surface area contributed by atoms with Gasteiger partial charge in [-0.1, -0.05) is 24.3 Å². The van der Waals surface area contributed by atoms with Crippen molar-refractivity contribution in [1.82, 2.24) is 4.98 Å². The lowest BCUT2D eigenvalue weighted by Crippen LogP contribution is -2.08. The molecule has 2 aromatic carbocycles. The standard InChI is InChI=1S/C20H14F3NO3S/c1-28-13-5-2-11(3-6-13)14-7-4-12(8-16(14)20(21,22)23)17-9-15(19(26)27)18(25)10-24-17/h2-10,25H,1H3,(H,26,27). The summed E-state index contributed by atoms with van der Waals surface area (Å²) < 4.78 is 41.1. The maximum atomic E-state index is 13.7. The molecule has 4 nitrogen and oxygen atoms in total. The molecule has 0 amide bonds. The minimum atomic E-state index is -4.62. The summed E-state index contributed by atoms with van der Waals surface area (Å²) in [7, 11) is 0. The highest BCUT2D eigenvalue weighted by Gasteiger charge is 2.34. The molecule has 0 bridgehead atoms. The molecule has 0 aliphatic carbocycles. The Kier molecular flexibility index (Phi) is 5.33. The minimum Gasteiger partial charge on any atom is -0.505 e. The third-order valence-corrected chi connectivity index (χ3v) is 4.88. The summed E-state index contributed by atoms with van der Waals surface area (Å²) in [5, 5.41) is 18.6. The maximum absolute atomic E-state index is 13.7. The van der Waals surface area contributed by atoms with E-state index in [1.165, 1.54) is 23.9 Å². The number of thioether (sulfide) groups is 1. The predicted octanol–water partition coefficient (Wildman–Crippen LogP) is 5.56. The fraction of sp³-hybridized carbons (Fsp3) is 0.100. The average molecular weight is 405 g/mol. The molecule has 0 spiro atoms. The van der Waals surface area contributed by atoms with Crippen LogP contribution in [0, 0.1) is 0 Å². The molecule has 0 saturated carbocycles. The van der Waals surface area contributed by atoms with Gasteiger partial charge in [-0.3, -0.25) is 4.98 Å². The fourth-order valence-corrected chi connectivity index (χ4v) is 3.15. The van der Waals surface area contributed by atoms with E-state index in [0.29, 0.717) is 5.56 Å². The summed E-state index contributed by atoms with van der Waals surface area (Å²) >= 11 is 1.49. The zero-order valence-corrected chi connectivity index (χ0v) is 15.3. The molecule has 144 valence electrons. The molecule has 3 aromatic rings. The molecule has 0 radical (unpaired) electrons. The van der Waals surface area contributed by atoms with E-state index in [4.69, 9.17) is 5.11 Å². The minimum absolute atomic E-state index is 0.0149. The molecule has 8 heteroatoms. The van der Waals surface area contributed by atoms with E-state index in [-0.39, 0.29) is 16.8 Å². The van der Waals surface area contributed by atoms with E-state index < -0.39 is 29.0 Å². The number of carboxylic acids is 1. The van der Waals surface area contributed by atoms with Gasteiger partial charge < -0.3 is 10.2 Å². The molecule has 0 aliphatic heterocycles. The summed E-state index contributed by atoms with van der Waals surface area (Å²) in [5.41, 5.74) is -0.740. The Labute approximate surface area is 162 Å². The van der Waals surface area contributed by atoms with Gasteiger partial charge in [0.1, 0.15) is 11.3 Å². The van der Waals surface area contributed by atoms with Crippen molar-refractivity contribution in [3.63, 3.8) is 0 Å². The van der Waals surface area contributed by atoms with Crippen molar-refractivity contribution in [3.05, 3.63) is 65.9 Å². The quantitative estimate of drug-likeness (QED) is 0.556. The molecule has 2 N–H and O–H groups in total. The van der Waals surface area contributed by atoms with Crippen LogP contribution in [0.3, 0.4) is 0 Å². The Morgan fingerprint density at radius 2 is 1.68 bits per heavy atom. The molecule has 0 fully saturated rings. The van der Waals surface area contributed by atoms with Crippen LogP contribution in [-0.4, -0.2) is 27.4 Å². The zero-order valence-electron chi connectivity index (χ0n) is 14.5. The number of hydrogen-bond acceptors (Lipinski definition) is 4. The second-order valence-electron chi connectivity index (χ2n) is 5.88. The van der Waals surface area contributed by atoms with E-state index in [9.17, 15) is 23.1 Å². The Morgan fingerprint density at radius 3 is 2.25 bits per heavy atom. The van der Waals surface area contributed by atoms with Crippen molar-refractivity contribution in [2.24, 2.45) is 0 Å². The highest BCUT2D eigenvalue weighted by Crippen LogP contribution is 2.40. The molecule has 0 atom stereocenters. The number of aromatic hydroxyl groups is 1. The first-order chi connectivity index (χ1) is 13.2. The fourth-order valence-electron chi connectivity index (χ4n) is 2.74. The molecule has 0 unspecified atom stereocenters. The van der Waals surface area contributed by atoms with Gasteiger partial charge in [-0.2, -0.15) is 13.2 Å². The maximum Gasteiger partial charge on any atom is 0.417 e. The lowest BCUT2D eigenvalue weighted by atomic mass is 9.95. The predicted molar refractivity (Wildman–Crippen MR) is 101 cm³/mol. The molecule has 0 saturated heterocycles. The lowest BCUT2D eigenvalue weighted by molar-refractivity contribution is -0.137. The molecule has 1 aromatic heterocycles. The van der Waals surface area contributed by atoms with Gasteiger partial charge >= 0.3 is 12.1 Å². The number of alkyl halides is 3. The normalized spacial score (nSPS) is 11.4. The second kappa shape index (κ2) is 7.55. The number of aromatic nitrogens is 1. The van der Waals surface area contributed by atoms with E-state index in [2.05, 4.69) is 4.98 Å². The highest BCUT2D eigenvalue weighted by atomic mass is 32.2. The molecule has 3 rings (SSSR count). The third kappa shape index (κ3) is 3.96. The van der Waals surface area contributed by atoms with Crippen LogP contribution in [0.25, 0.3) is 22.4 Å². The molecule has 1 heterocycles. The van der Waals surface area contributed by atoms with Crippen molar-refractivity contribution in [3.8, 4) is 28.1 Å². The van der Waals surface area contributed by atoms with E-state index >= 15 is 0 Å². The van der Waals surface area contributed by atoms with Gasteiger partial charge in [-0.25, -0.2) is 4.79 Å². The van der Waals surface area contributed by atoms with Crippen LogP contribution >= 0.6 is 11.8 Å². The number of pyridine rings is 1. The van der Waals surface area contributed by atoms with Crippen LogP contribution in [0.5, 0.6) is 5.75 Å². The number of carbonyl (C=O) groups is 1. The Hall–Kier alpha value is -3.00. The molecular weight excluding hydrogens is 391 g/mol. The van der Waals surface area contributed by atoms with Gasteiger partial charge in [0, 0.05) is 10.5 Å². The number of hydrogen-bond donors (Lipinski definition) is 2. The monoisotopic (exact) mass is 405 g/mol. The van der Waals surface area contributed by atoms with Gasteiger partial charge in [0.25, 0.3) is 0 Å². The van der Waals surface area contributed by atoms with Gasteiger partial charge in [-0.05, 0) is 41.6 Å². The Morgan fingerprint density at radius 1 is 1.04 bits per heavy atom. The van der Waals surface area contributed by atoms with Gasteiger partial charge in [0.05, 0.1) is 17.5 Å². The first kappa shape index (κ1) is 19.8. The van der Waals surface area contributed by atoms with Gasteiger partial charge in [0.15, 0.2) is 0 Å². The topological polar surface area (TPSA) is 70.4 Å². The average Bonchev–Trinajstić information content (AvgIpc) is 2.67. The number of halogens is 3. The number of nitrogens with zero attached hydrogens (tertiary/aromatic N) is 1. The summed E-state index contributed by atoms with van der Waals surface area (Å²) in [5.74, 6) is -1.96. The second-order valence-corrected chi connectivity index (χ2v) is 6.76. The summed E-state index contributed by atoms with van der Waals surface area (Å²) in [6.07, 6.45) is -1.84. The SMILES string of the molecule is CSc1ccc(-c2ccc(-c3cc(C(=O)O)c(O)cn3)cc2C(F)(F)F)cc1. The number of aromatic carboxylic acids is 1. The number of rotatable bonds is 4. The van der Waals surface area contributed by atoms with Crippen LogP contribution in [0.1, 0.15) is 15.9 Å². The third-order valence-electron chi connectivity index (χ3n) is 4.14. The first-order valence-corrected chi connectivity index (χ1v) is 9.21. The van der Waals surface area contributed by atoms with Crippen LogP contribution in [0.2, 0.25) is 0 Å². The lowest BCUT2D eigenvalue weighted by Gasteiger charge is -2.15. The zero-order chi connectivity index (χ0) is 20.5. The van der Waals surface area contributed by atoms with Crippen molar-refractivity contribution >= 4 is 17.7 Å². The summed E-state index contributed by atoms with van der Waals surface area (Å²) in [6, 6.07) is 11.5. The first-order valence-electron chi connectivity index (χ1n) is 7.99. The van der Waals surface area contributed by atoms with E-state index in [0.717, 1.165) is 23.2 Å². The largest absolute Gasteiger partial charge is 0.505 e. The number of carboxylic acid groups (broad SMARTS) is 1. The Balaban J connectivity index is 2.14. The van der Waals surface area contributed by atoms with E-state index in [1.807, 2.05) is 6.26 Å². The number of benzene rings is 2. The van der Waals surface area contributed by atoms with Gasteiger partial charge in [0.2, 0.25) is 0 Å².